The van der Waals surface area contributed by atoms with Crippen LogP contribution in [0.15, 0.2) is 48.9 Å². The van der Waals surface area contributed by atoms with Gasteiger partial charge in [0.2, 0.25) is 0 Å². The molecule has 1 aromatic carbocycles. The SMILES string of the molecule is Cc1nccn1Cc1c(C(F)(F)F)nc2c(NC(=O)c3c(Cl)cccc3Cl)cccn12.Cl. The van der Waals surface area contributed by atoms with Crippen molar-refractivity contribution in [2.24, 2.45) is 0 Å². The number of carbonyl (C=O) groups excluding carboxylic acids is 1. The van der Waals surface area contributed by atoms with Gasteiger partial charge < -0.3 is 9.88 Å². The third-order valence-electron chi connectivity index (χ3n) is 4.70. The molecule has 0 unspecified atom stereocenters. The van der Waals surface area contributed by atoms with Gasteiger partial charge >= 0.3 is 6.18 Å². The molecule has 0 saturated carbocycles. The normalized spacial score (nSPS) is 11.4. The van der Waals surface area contributed by atoms with Crippen LogP contribution in [0.2, 0.25) is 10.0 Å². The molecule has 32 heavy (non-hydrogen) atoms. The predicted molar refractivity (Wildman–Crippen MR) is 118 cm³/mol. The number of carbonyl (C=O) groups is 1. The van der Waals surface area contributed by atoms with Crippen molar-refractivity contribution in [1.29, 1.82) is 0 Å². The summed E-state index contributed by atoms with van der Waals surface area (Å²) in [4.78, 5) is 20.6. The first-order chi connectivity index (χ1) is 14.7. The second kappa shape index (κ2) is 9.01. The number of benzene rings is 1. The molecular formula is C20H15Cl3F3N5O. The van der Waals surface area contributed by atoms with Gasteiger partial charge in [0.15, 0.2) is 11.3 Å². The third kappa shape index (κ3) is 4.41. The summed E-state index contributed by atoms with van der Waals surface area (Å²) in [5.74, 6) is -0.104. The molecule has 0 aliphatic heterocycles. The van der Waals surface area contributed by atoms with Crippen LogP contribution in [-0.2, 0) is 12.7 Å². The van der Waals surface area contributed by atoms with E-state index < -0.39 is 17.8 Å². The van der Waals surface area contributed by atoms with Crippen LogP contribution in [0, 0.1) is 6.92 Å². The number of hydrogen-bond acceptors (Lipinski definition) is 3. The van der Waals surface area contributed by atoms with Crippen LogP contribution < -0.4 is 5.32 Å². The van der Waals surface area contributed by atoms with E-state index >= 15 is 0 Å². The molecule has 0 radical (unpaired) electrons. The number of imidazole rings is 2. The monoisotopic (exact) mass is 503 g/mol. The van der Waals surface area contributed by atoms with Gasteiger partial charge in [-0.25, -0.2) is 9.97 Å². The molecule has 3 aromatic heterocycles. The summed E-state index contributed by atoms with van der Waals surface area (Å²) in [6.07, 6.45) is -0.148. The van der Waals surface area contributed by atoms with Gasteiger partial charge in [-0.05, 0) is 31.2 Å². The molecule has 0 saturated heterocycles. The molecule has 4 rings (SSSR count). The number of pyridine rings is 1. The molecular weight excluding hydrogens is 490 g/mol. The molecule has 6 nitrogen and oxygen atoms in total. The van der Waals surface area contributed by atoms with Crippen molar-refractivity contribution in [3.63, 3.8) is 0 Å². The van der Waals surface area contributed by atoms with E-state index in [1.54, 1.807) is 23.8 Å². The summed E-state index contributed by atoms with van der Waals surface area (Å²) in [7, 11) is 0. The van der Waals surface area contributed by atoms with Crippen molar-refractivity contribution < 1.29 is 18.0 Å². The van der Waals surface area contributed by atoms with Gasteiger partial charge in [-0.2, -0.15) is 13.2 Å². The average molecular weight is 505 g/mol. The largest absolute Gasteiger partial charge is 0.435 e. The quantitative estimate of drug-likeness (QED) is 0.377. The smallest absolute Gasteiger partial charge is 0.329 e. The van der Waals surface area contributed by atoms with Crippen molar-refractivity contribution >= 4 is 52.9 Å². The van der Waals surface area contributed by atoms with Gasteiger partial charge in [-0.1, -0.05) is 29.3 Å². The van der Waals surface area contributed by atoms with Gasteiger partial charge in [0.25, 0.3) is 5.91 Å². The van der Waals surface area contributed by atoms with Crippen molar-refractivity contribution in [3.8, 4) is 0 Å². The van der Waals surface area contributed by atoms with E-state index in [1.165, 1.54) is 41.1 Å². The Bertz CT molecular complexity index is 1280. The summed E-state index contributed by atoms with van der Waals surface area (Å²) in [5.41, 5.74) is -1.08. The van der Waals surface area contributed by atoms with Crippen LogP contribution in [0.1, 0.15) is 27.6 Å². The van der Waals surface area contributed by atoms with Crippen LogP contribution in [0.4, 0.5) is 18.9 Å². The highest BCUT2D eigenvalue weighted by atomic mass is 35.5. The van der Waals surface area contributed by atoms with Crippen LogP contribution in [0.3, 0.4) is 0 Å². The third-order valence-corrected chi connectivity index (χ3v) is 5.33. The van der Waals surface area contributed by atoms with Crippen LogP contribution in [0.5, 0.6) is 0 Å². The first-order valence-electron chi connectivity index (χ1n) is 8.97. The zero-order valence-electron chi connectivity index (χ0n) is 16.3. The number of halogens is 6. The molecule has 0 aliphatic rings. The van der Waals surface area contributed by atoms with Crippen molar-refractivity contribution in [3.05, 3.63) is 81.7 Å². The molecule has 0 spiro atoms. The van der Waals surface area contributed by atoms with E-state index in [-0.39, 0.29) is 51.6 Å². The summed E-state index contributed by atoms with van der Waals surface area (Å²) in [5, 5.41) is 2.80. The zero-order valence-corrected chi connectivity index (χ0v) is 18.6. The van der Waals surface area contributed by atoms with Crippen LogP contribution in [-0.4, -0.2) is 24.8 Å². The van der Waals surface area contributed by atoms with E-state index in [9.17, 15) is 18.0 Å². The second-order valence-electron chi connectivity index (χ2n) is 6.67. The Hall–Kier alpha value is -2.75. The maximum atomic E-state index is 13.8. The molecule has 0 fully saturated rings. The fraction of sp³-hybridized carbons (Fsp3) is 0.150. The minimum Gasteiger partial charge on any atom is -0.329 e. The maximum absolute atomic E-state index is 13.8. The average Bonchev–Trinajstić information content (AvgIpc) is 3.26. The number of anilines is 1. The van der Waals surface area contributed by atoms with Crippen molar-refractivity contribution in [2.45, 2.75) is 19.6 Å². The number of alkyl halides is 3. The molecule has 0 atom stereocenters. The predicted octanol–water partition coefficient (Wildman–Crippen LogP) is 5.89. The molecule has 0 aliphatic carbocycles. The Morgan fingerprint density at radius 1 is 1.12 bits per heavy atom. The highest BCUT2D eigenvalue weighted by Crippen LogP contribution is 2.34. The number of nitrogens with zero attached hydrogens (tertiary/aromatic N) is 4. The Morgan fingerprint density at radius 3 is 2.41 bits per heavy atom. The topological polar surface area (TPSA) is 64.2 Å². The highest BCUT2D eigenvalue weighted by molar-refractivity contribution is 6.40. The lowest BCUT2D eigenvalue weighted by atomic mass is 10.2. The Labute approximate surface area is 196 Å². The molecule has 3 heterocycles. The first kappa shape index (κ1) is 23.9. The zero-order chi connectivity index (χ0) is 22.3. The second-order valence-corrected chi connectivity index (χ2v) is 7.49. The minimum atomic E-state index is -4.69. The lowest BCUT2D eigenvalue weighted by Crippen LogP contribution is -2.14. The minimum absolute atomic E-state index is 0. The summed E-state index contributed by atoms with van der Waals surface area (Å²) < 4.78 is 44.1. The maximum Gasteiger partial charge on any atom is 0.435 e. The number of amides is 1. The van der Waals surface area contributed by atoms with E-state index in [2.05, 4.69) is 15.3 Å². The van der Waals surface area contributed by atoms with Crippen LogP contribution >= 0.6 is 35.6 Å². The molecule has 0 bridgehead atoms. The Morgan fingerprint density at radius 2 is 1.81 bits per heavy atom. The summed E-state index contributed by atoms with van der Waals surface area (Å²) in [6.45, 7) is 1.59. The fourth-order valence-electron chi connectivity index (χ4n) is 3.22. The lowest BCUT2D eigenvalue weighted by Gasteiger charge is -2.11. The Kier molecular flexibility index (Phi) is 6.73. The molecule has 168 valence electrons. The summed E-state index contributed by atoms with van der Waals surface area (Å²) >= 11 is 12.1. The highest BCUT2D eigenvalue weighted by Gasteiger charge is 2.38. The number of rotatable bonds is 4. The van der Waals surface area contributed by atoms with Gasteiger partial charge in [0, 0.05) is 18.6 Å². The van der Waals surface area contributed by atoms with E-state index in [1.807, 2.05) is 0 Å². The molecule has 1 N–H and O–H groups in total. The van der Waals surface area contributed by atoms with Gasteiger partial charge in [0.05, 0.1) is 33.5 Å². The van der Waals surface area contributed by atoms with Gasteiger partial charge in [-0.3, -0.25) is 9.20 Å². The number of fused-ring (bicyclic) bond motifs is 1. The van der Waals surface area contributed by atoms with E-state index in [4.69, 9.17) is 23.2 Å². The van der Waals surface area contributed by atoms with Crippen molar-refractivity contribution in [2.75, 3.05) is 5.32 Å². The number of aryl methyl sites for hydroxylation is 1. The van der Waals surface area contributed by atoms with Crippen molar-refractivity contribution in [1.82, 2.24) is 18.9 Å². The molecule has 1 amide bonds. The van der Waals surface area contributed by atoms with E-state index in [0.717, 1.165) is 0 Å². The first-order valence-corrected chi connectivity index (χ1v) is 9.72. The van der Waals surface area contributed by atoms with Gasteiger partial charge in [0.1, 0.15) is 5.82 Å². The van der Waals surface area contributed by atoms with Gasteiger partial charge in [-0.15, -0.1) is 12.4 Å². The number of nitrogens with one attached hydrogen (secondary N) is 1. The standard InChI is InChI=1S/C20H14Cl2F3N5O.ClH/c1-11-26-7-9-29(11)10-15-17(20(23,24)25)28-18-14(6-3-8-30(15)18)27-19(31)16-12(21)4-2-5-13(16)22;/h2-9H,10H2,1H3,(H,27,31);1H. The number of hydrogen-bond donors (Lipinski definition) is 1. The fourth-order valence-corrected chi connectivity index (χ4v) is 3.79. The number of aromatic nitrogens is 4. The Balaban J connectivity index is 0.00000289. The lowest BCUT2D eigenvalue weighted by molar-refractivity contribution is -0.141. The van der Waals surface area contributed by atoms with Crippen LogP contribution in [0.25, 0.3) is 5.65 Å². The van der Waals surface area contributed by atoms with E-state index in [0.29, 0.717) is 5.82 Å². The molecule has 4 aromatic rings. The summed E-state index contributed by atoms with van der Waals surface area (Å²) in [6, 6.07) is 7.54. The molecule has 12 heteroatoms.